The van der Waals surface area contributed by atoms with Crippen molar-refractivity contribution in [2.75, 3.05) is 13.2 Å². The van der Waals surface area contributed by atoms with Crippen LogP contribution in [0.4, 0.5) is 0 Å². The molecule has 0 radical (unpaired) electrons. The lowest BCUT2D eigenvalue weighted by Gasteiger charge is -2.09. The summed E-state index contributed by atoms with van der Waals surface area (Å²) in [6, 6.07) is 2.10. The summed E-state index contributed by atoms with van der Waals surface area (Å²) in [5.74, 6) is 0.224. The van der Waals surface area contributed by atoms with Crippen molar-refractivity contribution in [3.05, 3.63) is 21.9 Å². The molecule has 2 nitrogen and oxygen atoms in total. The molecule has 0 fully saturated rings. The maximum atomic E-state index is 8.94. The zero-order valence-corrected chi connectivity index (χ0v) is 8.10. The molecule has 0 saturated heterocycles. The van der Waals surface area contributed by atoms with Crippen LogP contribution in [0.2, 0.25) is 0 Å². The van der Waals surface area contributed by atoms with Gasteiger partial charge in [0, 0.05) is 11.5 Å². The van der Waals surface area contributed by atoms with Gasteiger partial charge >= 0.3 is 0 Å². The molecule has 0 aliphatic rings. The second-order valence-corrected chi connectivity index (χ2v) is 4.02. The predicted molar refractivity (Wildman–Crippen MR) is 52.4 cm³/mol. The monoisotopic (exact) mass is 185 g/mol. The Kier molecular flexibility index (Phi) is 3.72. The molecule has 0 aromatic carbocycles. The quantitative estimate of drug-likeness (QED) is 0.739. The first-order valence-electron chi connectivity index (χ1n) is 4.11. The second-order valence-electron chi connectivity index (χ2n) is 3.02. The van der Waals surface area contributed by atoms with E-state index in [9.17, 15) is 0 Å². The number of rotatable bonds is 4. The Hall–Kier alpha value is -0.380. The Morgan fingerprint density at radius 1 is 1.67 bits per heavy atom. The van der Waals surface area contributed by atoms with Gasteiger partial charge in [-0.25, -0.2) is 0 Å². The molecule has 1 aromatic heterocycles. The van der Waals surface area contributed by atoms with E-state index in [1.165, 1.54) is 10.4 Å². The van der Waals surface area contributed by atoms with Crippen molar-refractivity contribution in [2.45, 2.75) is 13.3 Å². The topological polar surface area (TPSA) is 46.2 Å². The summed E-state index contributed by atoms with van der Waals surface area (Å²) in [4.78, 5) is 1.35. The molecule has 0 spiro atoms. The van der Waals surface area contributed by atoms with Crippen molar-refractivity contribution in [3.63, 3.8) is 0 Å². The first-order chi connectivity index (χ1) is 5.77. The molecule has 0 aliphatic carbocycles. The van der Waals surface area contributed by atoms with Crippen LogP contribution in [0.15, 0.2) is 11.4 Å². The first kappa shape index (κ1) is 9.71. The molecule has 1 atom stereocenters. The van der Waals surface area contributed by atoms with Gasteiger partial charge in [0.2, 0.25) is 0 Å². The smallest absolute Gasteiger partial charge is 0.0474 e. The highest BCUT2D eigenvalue weighted by molar-refractivity contribution is 7.10. The van der Waals surface area contributed by atoms with Crippen molar-refractivity contribution in [1.82, 2.24) is 0 Å². The van der Waals surface area contributed by atoms with Crippen molar-refractivity contribution in [1.29, 1.82) is 0 Å². The number of nitrogens with two attached hydrogens (primary N) is 1. The molecule has 3 heteroatoms. The number of aliphatic hydroxyl groups excluding tert-OH is 1. The second kappa shape index (κ2) is 4.60. The number of hydrogen-bond donors (Lipinski definition) is 2. The highest BCUT2D eigenvalue weighted by Crippen LogP contribution is 2.19. The highest BCUT2D eigenvalue weighted by atomic mass is 32.1. The summed E-state index contributed by atoms with van der Waals surface area (Å²) in [6.07, 6.45) is 0.913. The average molecular weight is 185 g/mol. The molecule has 12 heavy (non-hydrogen) atoms. The fraction of sp³-hybridized carbons (Fsp3) is 0.556. The van der Waals surface area contributed by atoms with Crippen LogP contribution >= 0.6 is 11.3 Å². The van der Waals surface area contributed by atoms with E-state index >= 15 is 0 Å². The minimum absolute atomic E-state index is 0.188. The van der Waals surface area contributed by atoms with E-state index in [4.69, 9.17) is 10.8 Å². The van der Waals surface area contributed by atoms with E-state index in [0.29, 0.717) is 6.54 Å². The van der Waals surface area contributed by atoms with Gasteiger partial charge in [0.25, 0.3) is 0 Å². The molecule has 1 unspecified atom stereocenters. The molecule has 1 aromatic rings. The van der Waals surface area contributed by atoms with Gasteiger partial charge in [-0.15, -0.1) is 11.3 Å². The minimum atomic E-state index is 0.188. The fourth-order valence-electron chi connectivity index (χ4n) is 1.10. The van der Waals surface area contributed by atoms with Crippen molar-refractivity contribution in [3.8, 4) is 0 Å². The molecular weight excluding hydrogens is 170 g/mol. The molecule has 1 rings (SSSR count). The SMILES string of the molecule is Cc1ccsc1CC(CN)CO. The summed E-state index contributed by atoms with van der Waals surface area (Å²) in [7, 11) is 0. The Balaban J connectivity index is 2.56. The summed E-state index contributed by atoms with van der Waals surface area (Å²) < 4.78 is 0. The van der Waals surface area contributed by atoms with E-state index < -0.39 is 0 Å². The number of aliphatic hydroxyl groups is 1. The molecule has 68 valence electrons. The van der Waals surface area contributed by atoms with Crippen LogP contribution < -0.4 is 5.73 Å². The summed E-state index contributed by atoms with van der Waals surface area (Å²) in [6.45, 7) is 2.85. The standard InChI is InChI=1S/C9H15NOS/c1-7-2-3-12-9(7)4-8(5-10)6-11/h2-3,8,11H,4-6,10H2,1H3. The predicted octanol–water partition coefficient (Wildman–Crippen LogP) is 1.17. The largest absolute Gasteiger partial charge is 0.396 e. The van der Waals surface area contributed by atoms with Crippen molar-refractivity contribution < 1.29 is 5.11 Å². The Morgan fingerprint density at radius 2 is 2.42 bits per heavy atom. The molecule has 0 aliphatic heterocycles. The third kappa shape index (κ3) is 2.30. The van der Waals surface area contributed by atoms with Gasteiger partial charge in [-0.2, -0.15) is 0 Å². The van der Waals surface area contributed by atoms with Crippen molar-refractivity contribution in [2.24, 2.45) is 11.7 Å². The van der Waals surface area contributed by atoms with Crippen LogP contribution in [0.5, 0.6) is 0 Å². The Morgan fingerprint density at radius 3 is 2.83 bits per heavy atom. The van der Waals surface area contributed by atoms with Gasteiger partial charge in [-0.05, 0) is 42.8 Å². The maximum Gasteiger partial charge on any atom is 0.0474 e. The van der Waals surface area contributed by atoms with Crippen molar-refractivity contribution >= 4 is 11.3 Å². The van der Waals surface area contributed by atoms with Gasteiger partial charge < -0.3 is 10.8 Å². The summed E-state index contributed by atoms with van der Waals surface area (Å²) >= 11 is 1.74. The molecule has 3 N–H and O–H groups in total. The average Bonchev–Trinajstić information content (AvgIpc) is 2.47. The van der Waals surface area contributed by atoms with E-state index in [2.05, 4.69) is 18.4 Å². The van der Waals surface area contributed by atoms with Crippen LogP contribution in [-0.2, 0) is 6.42 Å². The van der Waals surface area contributed by atoms with Crippen LogP contribution in [0, 0.1) is 12.8 Å². The highest BCUT2D eigenvalue weighted by Gasteiger charge is 2.08. The van der Waals surface area contributed by atoms with E-state index in [1.807, 2.05) is 0 Å². The summed E-state index contributed by atoms with van der Waals surface area (Å²) in [5.41, 5.74) is 6.81. The van der Waals surface area contributed by atoms with Gasteiger partial charge in [-0.3, -0.25) is 0 Å². The van der Waals surface area contributed by atoms with Gasteiger partial charge in [0.05, 0.1) is 0 Å². The lowest BCUT2D eigenvalue weighted by molar-refractivity contribution is 0.230. The van der Waals surface area contributed by atoms with E-state index in [-0.39, 0.29) is 12.5 Å². The van der Waals surface area contributed by atoms with Gasteiger partial charge in [-0.1, -0.05) is 0 Å². The van der Waals surface area contributed by atoms with Crippen LogP contribution in [-0.4, -0.2) is 18.3 Å². The maximum absolute atomic E-state index is 8.94. The Bertz CT molecular complexity index is 230. The lowest BCUT2D eigenvalue weighted by atomic mass is 10.0. The van der Waals surface area contributed by atoms with Gasteiger partial charge in [0.15, 0.2) is 0 Å². The number of hydrogen-bond acceptors (Lipinski definition) is 3. The molecule has 1 heterocycles. The molecule has 0 bridgehead atoms. The number of thiophene rings is 1. The normalized spacial score (nSPS) is 13.2. The van der Waals surface area contributed by atoms with Crippen LogP contribution in [0.3, 0.4) is 0 Å². The number of aryl methyl sites for hydroxylation is 1. The third-order valence-electron chi connectivity index (χ3n) is 2.03. The molecule has 0 amide bonds. The van der Waals surface area contributed by atoms with E-state index in [1.54, 1.807) is 11.3 Å². The van der Waals surface area contributed by atoms with Crippen LogP contribution in [0.1, 0.15) is 10.4 Å². The van der Waals surface area contributed by atoms with Crippen LogP contribution in [0.25, 0.3) is 0 Å². The summed E-state index contributed by atoms with van der Waals surface area (Å²) in [5, 5.41) is 11.0. The van der Waals surface area contributed by atoms with E-state index in [0.717, 1.165) is 6.42 Å². The Labute approximate surface area is 77.0 Å². The third-order valence-corrected chi connectivity index (χ3v) is 3.08. The zero-order valence-electron chi connectivity index (χ0n) is 7.29. The fourth-order valence-corrected chi connectivity index (χ4v) is 2.12. The molecule has 0 saturated carbocycles. The zero-order chi connectivity index (χ0) is 8.97. The first-order valence-corrected chi connectivity index (χ1v) is 4.99. The molecular formula is C9H15NOS. The lowest BCUT2D eigenvalue weighted by Crippen LogP contribution is -2.20. The minimum Gasteiger partial charge on any atom is -0.396 e. The van der Waals surface area contributed by atoms with Gasteiger partial charge in [0.1, 0.15) is 0 Å².